The summed E-state index contributed by atoms with van der Waals surface area (Å²) in [6, 6.07) is 1.91. The molecule has 0 unspecified atom stereocenters. The first-order valence-electron chi connectivity index (χ1n) is 5.38. The Morgan fingerprint density at radius 1 is 1.47 bits per heavy atom. The summed E-state index contributed by atoms with van der Waals surface area (Å²) >= 11 is 3.42. The Hall–Kier alpha value is -0.700. The zero-order valence-electron chi connectivity index (χ0n) is 8.58. The molecule has 1 saturated carbocycles. The van der Waals surface area contributed by atoms with Gasteiger partial charge in [-0.05, 0) is 40.4 Å². The van der Waals surface area contributed by atoms with Gasteiger partial charge < -0.3 is 0 Å². The van der Waals surface area contributed by atoms with Crippen LogP contribution in [0.3, 0.4) is 0 Å². The average Bonchev–Trinajstić information content (AvgIpc) is 2.74. The quantitative estimate of drug-likeness (QED) is 0.842. The number of hydrogen-bond donors (Lipinski definition) is 0. The molecule has 15 heavy (non-hydrogen) atoms. The first-order valence-corrected chi connectivity index (χ1v) is 6.18. The summed E-state index contributed by atoms with van der Waals surface area (Å²) in [4.78, 5) is 15.9. The zero-order valence-corrected chi connectivity index (χ0v) is 10.2. The van der Waals surface area contributed by atoms with Crippen LogP contribution in [0.2, 0.25) is 0 Å². The van der Waals surface area contributed by atoms with Gasteiger partial charge in [0.25, 0.3) is 0 Å². The van der Waals surface area contributed by atoms with E-state index in [9.17, 15) is 4.79 Å². The summed E-state index contributed by atoms with van der Waals surface area (Å²) in [6.07, 6.45) is 8.64. The standard InChI is InChI=1S/C12H14BrNO/c13-11-8-14-6-5-10(11)7-12(15)9-3-1-2-4-9/h5-6,8-9H,1-4,7H2. The van der Waals surface area contributed by atoms with Crippen molar-refractivity contribution in [2.24, 2.45) is 5.92 Å². The SMILES string of the molecule is O=C(Cc1ccncc1Br)C1CCCC1. The second-order valence-electron chi connectivity index (χ2n) is 4.09. The van der Waals surface area contributed by atoms with Crippen LogP contribution in [-0.4, -0.2) is 10.8 Å². The molecule has 0 aliphatic heterocycles. The number of nitrogens with zero attached hydrogens (tertiary/aromatic N) is 1. The van der Waals surface area contributed by atoms with Crippen LogP contribution in [0.5, 0.6) is 0 Å². The van der Waals surface area contributed by atoms with E-state index in [1.807, 2.05) is 6.07 Å². The van der Waals surface area contributed by atoms with Gasteiger partial charge in [0.1, 0.15) is 5.78 Å². The molecule has 0 spiro atoms. The van der Waals surface area contributed by atoms with Crippen molar-refractivity contribution in [1.82, 2.24) is 4.98 Å². The molecule has 0 radical (unpaired) electrons. The Bertz CT molecular complexity index is 358. The fourth-order valence-electron chi connectivity index (χ4n) is 2.13. The van der Waals surface area contributed by atoms with Crippen LogP contribution in [0.1, 0.15) is 31.2 Å². The van der Waals surface area contributed by atoms with Gasteiger partial charge in [-0.25, -0.2) is 0 Å². The summed E-state index contributed by atoms with van der Waals surface area (Å²) in [6.45, 7) is 0. The van der Waals surface area contributed by atoms with Crippen LogP contribution in [0.15, 0.2) is 22.9 Å². The van der Waals surface area contributed by atoms with Crippen molar-refractivity contribution in [1.29, 1.82) is 0 Å². The first-order chi connectivity index (χ1) is 7.27. The van der Waals surface area contributed by atoms with E-state index in [-0.39, 0.29) is 0 Å². The highest BCUT2D eigenvalue weighted by atomic mass is 79.9. The van der Waals surface area contributed by atoms with E-state index < -0.39 is 0 Å². The molecule has 2 rings (SSSR count). The van der Waals surface area contributed by atoms with E-state index in [2.05, 4.69) is 20.9 Å². The normalized spacial score (nSPS) is 16.9. The summed E-state index contributed by atoms with van der Waals surface area (Å²) in [5.74, 6) is 0.699. The van der Waals surface area contributed by atoms with E-state index in [1.165, 1.54) is 12.8 Å². The third kappa shape index (κ3) is 2.65. The monoisotopic (exact) mass is 267 g/mol. The fourth-order valence-corrected chi connectivity index (χ4v) is 2.52. The maximum atomic E-state index is 11.9. The Labute approximate surface area is 98.2 Å². The number of halogens is 1. The Balaban J connectivity index is 2.02. The number of carbonyl (C=O) groups is 1. The van der Waals surface area contributed by atoms with Crippen LogP contribution in [0, 0.1) is 5.92 Å². The van der Waals surface area contributed by atoms with Crippen LogP contribution in [0.4, 0.5) is 0 Å². The topological polar surface area (TPSA) is 30.0 Å². The van der Waals surface area contributed by atoms with Crippen LogP contribution in [-0.2, 0) is 11.2 Å². The molecule has 0 atom stereocenters. The summed E-state index contributed by atoms with van der Waals surface area (Å²) in [7, 11) is 0. The smallest absolute Gasteiger partial charge is 0.140 e. The highest BCUT2D eigenvalue weighted by Crippen LogP contribution is 2.27. The highest BCUT2D eigenvalue weighted by Gasteiger charge is 2.22. The van der Waals surface area contributed by atoms with Gasteiger partial charge in [-0.2, -0.15) is 0 Å². The van der Waals surface area contributed by atoms with Gasteiger partial charge in [-0.3, -0.25) is 9.78 Å². The Kier molecular flexibility index (Phi) is 3.52. The molecule has 0 aromatic carbocycles. The molecular weight excluding hydrogens is 254 g/mol. The van der Waals surface area contributed by atoms with Gasteiger partial charge >= 0.3 is 0 Å². The van der Waals surface area contributed by atoms with E-state index >= 15 is 0 Å². The second kappa shape index (κ2) is 4.88. The fraction of sp³-hybridized carbons (Fsp3) is 0.500. The lowest BCUT2D eigenvalue weighted by atomic mass is 9.97. The predicted octanol–water partition coefficient (Wildman–Crippen LogP) is 3.15. The average molecular weight is 268 g/mol. The van der Waals surface area contributed by atoms with Gasteiger partial charge in [0.2, 0.25) is 0 Å². The van der Waals surface area contributed by atoms with Crippen molar-refractivity contribution in [3.8, 4) is 0 Å². The molecule has 1 aliphatic carbocycles. The van der Waals surface area contributed by atoms with Crippen molar-refractivity contribution < 1.29 is 4.79 Å². The van der Waals surface area contributed by atoms with Crippen molar-refractivity contribution in [3.63, 3.8) is 0 Å². The third-order valence-corrected chi connectivity index (χ3v) is 3.75. The molecule has 0 saturated heterocycles. The largest absolute Gasteiger partial charge is 0.299 e. The van der Waals surface area contributed by atoms with Crippen LogP contribution >= 0.6 is 15.9 Å². The first kappa shape index (κ1) is 10.8. The minimum Gasteiger partial charge on any atom is -0.299 e. The van der Waals surface area contributed by atoms with E-state index in [1.54, 1.807) is 12.4 Å². The van der Waals surface area contributed by atoms with Crippen molar-refractivity contribution in [2.75, 3.05) is 0 Å². The van der Waals surface area contributed by atoms with E-state index in [4.69, 9.17) is 0 Å². The lowest BCUT2D eigenvalue weighted by Crippen LogP contribution is -2.13. The molecule has 0 N–H and O–H groups in total. The number of Topliss-reactive ketones (excluding diaryl/α,β-unsaturated/α-hetero) is 1. The molecule has 1 aliphatic rings. The highest BCUT2D eigenvalue weighted by molar-refractivity contribution is 9.10. The van der Waals surface area contributed by atoms with E-state index in [0.717, 1.165) is 22.9 Å². The van der Waals surface area contributed by atoms with Crippen LogP contribution < -0.4 is 0 Å². The second-order valence-corrected chi connectivity index (χ2v) is 4.95. The maximum Gasteiger partial charge on any atom is 0.140 e. The minimum absolute atomic E-state index is 0.310. The zero-order chi connectivity index (χ0) is 10.7. The molecule has 0 bridgehead atoms. The van der Waals surface area contributed by atoms with Gasteiger partial charge in [0, 0.05) is 29.2 Å². The van der Waals surface area contributed by atoms with Gasteiger partial charge in [0.05, 0.1) is 0 Å². The number of ketones is 1. The number of rotatable bonds is 3. The van der Waals surface area contributed by atoms with Crippen molar-refractivity contribution >= 4 is 21.7 Å². The molecule has 1 fully saturated rings. The van der Waals surface area contributed by atoms with Gasteiger partial charge in [-0.1, -0.05) is 12.8 Å². The maximum absolute atomic E-state index is 11.9. The molecule has 1 aromatic heterocycles. The summed E-state index contributed by atoms with van der Waals surface area (Å²) < 4.78 is 0.941. The number of carbonyl (C=O) groups excluding carboxylic acids is 1. The molecule has 0 amide bonds. The molecule has 1 heterocycles. The predicted molar refractivity (Wildman–Crippen MR) is 62.6 cm³/mol. The van der Waals surface area contributed by atoms with Gasteiger partial charge in [0.15, 0.2) is 0 Å². The minimum atomic E-state index is 0.310. The molecule has 1 aromatic rings. The van der Waals surface area contributed by atoms with Crippen LogP contribution in [0.25, 0.3) is 0 Å². The summed E-state index contributed by atoms with van der Waals surface area (Å²) in [5.41, 5.74) is 1.06. The van der Waals surface area contributed by atoms with Gasteiger partial charge in [-0.15, -0.1) is 0 Å². The molecule has 3 heteroatoms. The number of hydrogen-bond acceptors (Lipinski definition) is 2. The third-order valence-electron chi connectivity index (χ3n) is 3.03. The van der Waals surface area contributed by atoms with Crippen molar-refractivity contribution in [3.05, 3.63) is 28.5 Å². The Morgan fingerprint density at radius 2 is 2.20 bits per heavy atom. The molecule has 80 valence electrons. The number of aromatic nitrogens is 1. The number of pyridine rings is 1. The Morgan fingerprint density at radius 3 is 2.87 bits per heavy atom. The lowest BCUT2D eigenvalue weighted by molar-refractivity contribution is -0.122. The summed E-state index contributed by atoms with van der Waals surface area (Å²) in [5, 5.41) is 0. The molecular formula is C12H14BrNO. The van der Waals surface area contributed by atoms with Crippen molar-refractivity contribution in [2.45, 2.75) is 32.1 Å². The van der Waals surface area contributed by atoms with E-state index in [0.29, 0.717) is 18.1 Å². The molecule has 2 nitrogen and oxygen atoms in total. The lowest BCUT2D eigenvalue weighted by Gasteiger charge is -2.08.